The number of anilines is 2. The van der Waals surface area contributed by atoms with E-state index in [1.165, 1.54) is 25.1 Å². The summed E-state index contributed by atoms with van der Waals surface area (Å²) >= 11 is 0. The van der Waals surface area contributed by atoms with Crippen molar-refractivity contribution < 1.29 is 14.0 Å². The summed E-state index contributed by atoms with van der Waals surface area (Å²) < 4.78 is 13.9. The molecule has 1 heterocycles. The number of fused-ring (bicyclic) bond motifs is 1. The number of rotatable bonds is 6. The first-order valence-corrected chi connectivity index (χ1v) is 8.45. The fourth-order valence-corrected chi connectivity index (χ4v) is 2.89. The quantitative estimate of drug-likeness (QED) is 0.620. The van der Waals surface area contributed by atoms with Gasteiger partial charge in [0.15, 0.2) is 0 Å². The minimum absolute atomic E-state index is 0.0633. The molecule has 1 aromatic heterocycles. The first-order valence-electron chi connectivity index (χ1n) is 8.45. The smallest absolute Gasteiger partial charge is 0.224 e. The largest absolute Gasteiger partial charge is 0.361 e. The van der Waals surface area contributed by atoms with Gasteiger partial charge in [0, 0.05) is 36.1 Å². The minimum atomic E-state index is -0.538. The lowest BCUT2D eigenvalue weighted by Crippen LogP contribution is -2.13. The van der Waals surface area contributed by atoms with Gasteiger partial charge in [0.1, 0.15) is 5.82 Å². The Morgan fingerprint density at radius 1 is 1.12 bits per heavy atom. The molecule has 0 aliphatic carbocycles. The third kappa shape index (κ3) is 4.27. The van der Waals surface area contributed by atoms with E-state index in [0.717, 1.165) is 22.9 Å². The zero-order valence-corrected chi connectivity index (χ0v) is 14.4. The Labute approximate surface area is 150 Å². The molecule has 6 heteroatoms. The number of benzene rings is 2. The van der Waals surface area contributed by atoms with Gasteiger partial charge < -0.3 is 15.6 Å². The SMILES string of the molecule is CC(=O)Nc1ccc(F)c(NC(=O)CCCc2c[nH]c3ccccc23)c1. The van der Waals surface area contributed by atoms with Gasteiger partial charge in [-0.1, -0.05) is 18.2 Å². The Kier molecular flexibility index (Phi) is 5.31. The van der Waals surface area contributed by atoms with Crippen LogP contribution in [0.25, 0.3) is 10.9 Å². The average molecular weight is 353 g/mol. The second kappa shape index (κ2) is 7.82. The van der Waals surface area contributed by atoms with Gasteiger partial charge in [0.25, 0.3) is 0 Å². The number of aromatic nitrogens is 1. The molecular weight excluding hydrogens is 333 g/mol. The van der Waals surface area contributed by atoms with Gasteiger partial charge in [-0.05, 0) is 42.7 Å². The molecule has 0 aliphatic heterocycles. The normalized spacial score (nSPS) is 10.7. The van der Waals surface area contributed by atoms with Crippen LogP contribution in [0, 0.1) is 5.82 Å². The van der Waals surface area contributed by atoms with Crippen LogP contribution in [-0.2, 0) is 16.0 Å². The van der Waals surface area contributed by atoms with Gasteiger partial charge in [-0.3, -0.25) is 9.59 Å². The minimum Gasteiger partial charge on any atom is -0.361 e. The van der Waals surface area contributed by atoms with E-state index in [4.69, 9.17) is 0 Å². The van der Waals surface area contributed by atoms with Crippen molar-refractivity contribution in [3.63, 3.8) is 0 Å². The number of aromatic amines is 1. The number of para-hydroxylation sites is 1. The predicted octanol–water partition coefficient (Wildman–Crippen LogP) is 4.23. The molecule has 3 N–H and O–H groups in total. The van der Waals surface area contributed by atoms with Gasteiger partial charge in [-0.25, -0.2) is 4.39 Å². The molecule has 2 amide bonds. The zero-order chi connectivity index (χ0) is 18.5. The fraction of sp³-hybridized carbons (Fsp3) is 0.200. The lowest BCUT2D eigenvalue weighted by atomic mass is 10.1. The molecule has 0 saturated heterocycles. The number of amides is 2. The van der Waals surface area contributed by atoms with Crippen LogP contribution in [0.2, 0.25) is 0 Å². The van der Waals surface area contributed by atoms with Crippen LogP contribution in [0.5, 0.6) is 0 Å². The number of H-pyrrole nitrogens is 1. The van der Waals surface area contributed by atoms with Crippen LogP contribution in [0.15, 0.2) is 48.7 Å². The van der Waals surface area contributed by atoms with E-state index in [9.17, 15) is 14.0 Å². The number of carbonyl (C=O) groups is 2. The molecule has 0 atom stereocenters. The predicted molar refractivity (Wildman–Crippen MR) is 101 cm³/mol. The molecular formula is C20H20FN3O2. The lowest BCUT2D eigenvalue weighted by molar-refractivity contribution is -0.116. The fourth-order valence-electron chi connectivity index (χ4n) is 2.89. The van der Waals surface area contributed by atoms with Gasteiger partial charge in [0.2, 0.25) is 11.8 Å². The molecule has 0 unspecified atom stereocenters. The second-order valence-corrected chi connectivity index (χ2v) is 6.14. The van der Waals surface area contributed by atoms with Gasteiger partial charge in [-0.15, -0.1) is 0 Å². The van der Waals surface area contributed by atoms with Crippen LogP contribution < -0.4 is 10.6 Å². The topological polar surface area (TPSA) is 74.0 Å². The maximum atomic E-state index is 13.9. The average Bonchev–Trinajstić information content (AvgIpc) is 3.01. The Hall–Kier alpha value is -3.15. The Balaban J connectivity index is 1.56. The third-order valence-electron chi connectivity index (χ3n) is 4.09. The van der Waals surface area contributed by atoms with Crippen molar-refractivity contribution >= 4 is 34.1 Å². The van der Waals surface area contributed by atoms with E-state index in [1.807, 2.05) is 30.5 Å². The maximum Gasteiger partial charge on any atom is 0.224 e. The Morgan fingerprint density at radius 2 is 1.92 bits per heavy atom. The summed E-state index contributed by atoms with van der Waals surface area (Å²) in [7, 11) is 0. The van der Waals surface area contributed by atoms with Crippen LogP contribution in [-0.4, -0.2) is 16.8 Å². The first kappa shape index (κ1) is 17.7. The van der Waals surface area contributed by atoms with Crippen molar-refractivity contribution in [1.82, 2.24) is 4.98 Å². The summed E-state index contributed by atoms with van der Waals surface area (Å²) in [5.41, 5.74) is 2.73. The van der Waals surface area contributed by atoms with Crippen molar-refractivity contribution in [1.29, 1.82) is 0 Å². The monoisotopic (exact) mass is 353 g/mol. The van der Waals surface area contributed by atoms with E-state index in [1.54, 1.807) is 0 Å². The molecule has 0 fully saturated rings. The number of aryl methyl sites for hydroxylation is 1. The number of hydrogen-bond acceptors (Lipinski definition) is 2. The highest BCUT2D eigenvalue weighted by Crippen LogP contribution is 2.21. The molecule has 0 radical (unpaired) electrons. The molecule has 0 saturated carbocycles. The van der Waals surface area contributed by atoms with E-state index in [2.05, 4.69) is 15.6 Å². The number of halogens is 1. The van der Waals surface area contributed by atoms with Crippen molar-refractivity contribution in [3.05, 3.63) is 60.0 Å². The summed E-state index contributed by atoms with van der Waals surface area (Å²) in [4.78, 5) is 26.4. The summed E-state index contributed by atoms with van der Waals surface area (Å²) in [5, 5.41) is 6.29. The molecule has 2 aromatic carbocycles. The zero-order valence-electron chi connectivity index (χ0n) is 14.4. The van der Waals surface area contributed by atoms with Gasteiger partial charge in [-0.2, -0.15) is 0 Å². The Morgan fingerprint density at radius 3 is 2.73 bits per heavy atom. The molecule has 3 aromatic rings. The molecule has 5 nitrogen and oxygen atoms in total. The van der Waals surface area contributed by atoms with Crippen LogP contribution >= 0.6 is 0 Å². The standard InChI is InChI=1S/C20H20FN3O2/c1-13(25)23-15-9-10-17(21)19(11-15)24-20(26)8-4-5-14-12-22-18-7-3-2-6-16(14)18/h2-3,6-7,9-12,22H,4-5,8H2,1H3,(H,23,25)(H,24,26). The lowest BCUT2D eigenvalue weighted by Gasteiger charge is -2.09. The van der Waals surface area contributed by atoms with Crippen LogP contribution in [0.3, 0.4) is 0 Å². The number of nitrogens with one attached hydrogen (secondary N) is 3. The highest BCUT2D eigenvalue weighted by molar-refractivity contribution is 5.93. The molecule has 26 heavy (non-hydrogen) atoms. The van der Waals surface area contributed by atoms with Gasteiger partial charge in [0.05, 0.1) is 5.69 Å². The first-order chi connectivity index (χ1) is 12.5. The summed E-state index contributed by atoms with van der Waals surface area (Å²) in [6, 6.07) is 12.1. The second-order valence-electron chi connectivity index (χ2n) is 6.14. The van der Waals surface area contributed by atoms with Gasteiger partial charge >= 0.3 is 0 Å². The van der Waals surface area contributed by atoms with Crippen molar-refractivity contribution in [2.45, 2.75) is 26.2 Å². The van der Waals surface area contributed by atoms with Crippen LogP contribution in [0.1, 0.15) is 25.3 Å². The van der Waals surface area contributed by atoms with Crippen molar-refractivity contribution in [3.8, 4) is 0 Å². The van der Waals surface area contributed by atoms with E-state index in [-0.39, 0.29) is 23.9 Å². The molecule has 134 valence electrons. The third-order valence-corrected chi connectivity index (χ3v) is 4.09. The number of hydrogen-bond donors (Lipinski definition) is 3. The molecule has 0 bridgehead atoms. The molecule has 0 spiro atoms. The van der Waals surface area contributed by atoms with E-state index >= 15 is 0 Å². The highest BCUT2D eigenvalue weighted by atomic mass is 19.1. The van der Waals surface area contributed by atoms with E-state index in [0.29, 0.717) is 12.1 Å². The maximum absolute atomic E-state index is 13.9. The van der Waals surface area contributed by atoms with Crippen LogP contribution in [0.4, 0.5) is 15.8 Å². The highest BCUT2D eigenvalue weighted by Gasteiger charge is 2.10. The summed E-state index contributed by atoms with van der Waals surface area (Å²) in [6.07, 6.45) is 3.65. The van der Waals surface area contributed by atoms with E-state index < -0.39 is 5.82 Å². The molecule has 3 rings (SSSR count). The van der Waals surface area contributed by atoms with Crippen molar-refractivity contribution in [2.75, 3.05) is 10.6 Å². The summed E-state index contributed by atoms with van der Waals surface area (Å²) in [6.45, 7) is 1.37. The van der Waals surface area contributed by atoms with Crippen molar-refractivity contribution in [2.24, 2.45) is 0 Å². The molecule has 0 aliphatic rings. The number of carbonyl (C=O) groups excluding carboxylic acids is 2. The Bertz CT molecular complexity index is 949. The summed E-state index contributed by atoms with van der Waals surface area (Å²) in [5.74, 6) is -1.06.